The fourth-order valence-electron chi connectivity index (χ4n) is 3.60. The Morgan fingerprint density at radius 1 is 1.30 bits per heavy atom. The third-order valence-corrected chi connectivity index (χ3v) is 5.19. The van der Waals surface area contributed by atoms with Crippen LogP contribution >= 0.6 is 0 Å². The molecular formula is C20H26N4O3. The van der Waals surface area contributed by atoms with Crippen molar-refractivity contribution < 1.29 is 14.3 Å². The fourth-order valence-corrected chi connectivity index (χ4v) is 3.60. The van der Waals surface area contributed by atoms with Crippen LogP contribution in [0.1, 0.15) is 25.8 Å². The van der Waals surface area contributed by atoms with E-state index in [1.807, 2.05) is 6.07 Å². The molecule has 27 heavy (non-hydrogen) atoms. The van der Waals surface area contributed by atoms with Crippen LogP contribution in [0.3, 0.4) is 0 Å². The zero-order valence-corrected chi connectivity index (χ0v) is 15.9. The molecule has 1 aromatic carbocycles. The Morgan fingerprint density at radius 3 is 2.78 bits per heavy atom. The van der Waals surface area contributed by atoms with Crippen LogP contribution in [-0.4, -0.2) is 73.1 Å². The minimum atomic E-state index is -0.161. The fraction of sp³-hybridized carbons (Fsp3) is 0.550. The van der Waals surface area contributed by atoms with Crippen LogP contribution in [0.5, 0.6) is 0 Å². The first-order valence-electron chi connectivity index (χ1n) is 9.42. The number of hydrogen-bond acceptors (Lipinski definition) is 5. The Kier molecular flexibility index (Phi) is 6.09. The number of para-hydroxylation sites is 1. The van der Waals surface area contributed by atoms with Crippen molar-refractivity contribution in [3.63, 3.8) is 0 Å². The highest BCUT2D eigenvalue weighted by molar-refractivity contribution is 5.98. The average Bonchev–Trinajstić information content (AvgIpc) is 2.68. The van der Waals surface area contributed by atoms with Gasteiger partial charge >= 0.3 is 0 Å². The summed E-state index contributed by atoms with van der Waals surface area (Å²) >= 11 is 0. The van der Waals surface area contributed by atoms with E-state index >= 15 is 0 Å². The highest BCUT2D eigenvalue weighted by atomic mass is 16.5. The Balaban J connectivity index is 1.58. The minimum Gasteiger partial charge on any atom is -0.375 e. The molecule has 7 nitrogen and oxygen atoms in total. The molecule has 1 unspecified atom stereocenters. The van der Waals surface area contributed by atoms with Crippen molar-refractivity contribution in [3.8, 4) is 6.07 Å². The van der Waals surface area contributed by atoms with Crippen molar-refractivity contribution in [2.75, 3.05) is 44.2 Å². The van der Waals surface area contributed by atoms with Crippen LogP contribution < -0.4 is 4.90 Å². The largest absolute Gasteiger partial charge is 0.375 e. The maximum atomic E-state index is 12.7. The molecule has 2 saturated heterocycles. The standard InChI is InChI=1S/C20H26N4O3/c1-15(2)22-9-10-27-17(13-22)11-19(25)23-7-8-24(20(26)14-23)18-6-4-3-5-16(18)12-21/h3-6,15,17H,7-11,13-14H2,1-2H3. The number of nitrogens with zero attached hydrogens (tertiary/aromatic N) is 4. The molecule has 0 bridgehead atoms. The quantitative estimate of drug-likeness (QED) is 0.797. The van der Waals surface area contributed by atoms with Crippen molar-refractivity contribution in [1.82, 2.24) is 9.80 Å². The molecular weight excluding hydrogens is 344 g/mol. The van der Waals surface area contributed by atoms with Gasteiger partial charge in [-0.25, -0.2) is 0 Å². The summed E-state index contributed by atoms with van der Waals surface area (Å²) in [4.78, 5) is 30.8. The number of carbonyl (C=O) groups excluding carboxylic acids is 2. The number of rotatable bonds is 4. The molecule has 2 amide bonds. The molecule has 0 saturated carbocycles. The van der Waals surface area contributed by atoms with Crippen molar-refractivity contribution in [3.05, 3.63) is 29.8 Å². The van der Waals surface area contributed by atoms with Gasteiger partial charge in [0, 0.05) is 32.2 Å². The van der Waals surface area contributed by atoms with E-state index in [1.54, 1.807) is 28.0 Å². The second kappa shape index (κ2) is 8.51. The Labute approximate surface area is 160 Å². The zero-order valence-electron chi connectivity index (χ0n) is 15.9. The first kappa shape index (κ1) is 19.3. The van der Waals surface area contributed by atoms with E-state index in [4.69, 9.17) is 4.74 Å². The lowest BCUT2D eigenvalue weighted by atomic mass is 10.1. The highest BCUT2D eigenvalue weighted by Crippen LogP contribution is 2.22. The molecule has 1 aromatic rings. The summed E-state index contributed by atoms with van der Waals surface area (Å²) in [6.07, 6.45) is 0.173. The predicted octanol–water partition coefficient (Wildman–Crippen LogP) is 1.23. The van der Waals surface area contributed by atoms with Crippen LogP contribution in [0.4, 0.5) is 5.69 Å². The van der Waals surface area contributed by atoms with Gasteiger partial charge in [0.1, 0.15) is 12.6 Å². The summed E-state index contributed by atoms with van der Waals surface area (Å²) < 4.78 is 5.75. The molecule has 7 heteroatoms. The number of anilines is 1. The molecule has 3 rings (SSSR count). The first-order chi connectivity index (χ1) is 13.0. The van der Waals surface area contributed by atoms with Gasteiger partial charge in [0.25, 0.3) is 0 Å². The SMILES string of the molecule is CC(C)N1CCOC(CC(=O)N2CCN(c3ccccc3C#N)C(=O)C2)C1. The summed E-state index contributed by atoms with van der Waals surface area (Å²) in [5.74, 6) is -0.210. The number of hydrogen-bond donors (Lipinski definition) is 0. The van der Waals surface area contributed by atoms with Gasteiger partial charge in [-0.3, -0.25) is 14.5 Å². The van der Waals surface area contributed by atoms with Crippen LogP contribution in [0.25, 0.3) is 0 Å². The maximum absolute atomic E-state index is 12.7. The summed E-state index contributed by atoms with van der Waals surface area (Å²) in [6, 6.07) is 9.59. The number of carbonyl (C=O) groups is 2. The minimum absolute atomic E-state index is 0.0409. The Bertz CT molecular complexity index is 743. The molecule has 2 heterocycles. The van der Waals surface area contributed by atoms with Gasteiger partial charge in [0.05, 0.1) is 30.4 Å². The topological polar surface area (TPSA) is 76.9 Å². The number of morpholine rings is 1. The van der Waals surface area contributed by atoms with Gasteiger partial charge in [-0.2, -0.15) is 5.26 Å². The summed E-state index contributed by atoms with van der Waals surface area (Å²) in [6.45, 7) is 7.44. The second-order valence-electron chi connectivity index (χ2n) is 7.28. The van der Waals surface area contributed by atoms with E-state index in [2.05, 4.69) is 24.8 Å². The number of ether oxygens (including phenoxy) is 1. The molecule has 2 aliphatic rings. The van der Waals surface area contributed by atoms with E-state index in [9.17, 15) is 14.9 Å². The van der Waals surface area contributed by atoms with Gasteiger partial charge in [-0.05, 0) is 26.0 Å². The van der Waals surface area contributed by atoms with E-state index in [-0.39, 0.29) is 24.5 Å². The molecule has 0 radical (unpaired) electrons. The maximum Gasteiger partial charge on any atom is 0.246 e. The normalized spacial score (nSPS) is 21.4. The van der Waals surface area contributed by atoms with Gasteiger partial charge < -0.3 is 14.5 Å². The van der Waals surface area contributed by atoms with E-state index < -0.39 is 0 Å². The van der Waals surface area contributed by atoms with Gasteiger partial charge in [0.15, 0.2) is 0 Å². The van der Waals surface area contributed by atoms with Crippen molar-refractivity contribution >= 4 is 17.5 Å². The van der Waals surface area contributed by atoms with Crippen molar-refractivity contribution in [2.45, 2.75) is 32.4 Å². The third kappa shape index (κ3) is 4.46. The summed E-state index contributed by atoms with van der Waals surface area (Å²) in [7, 11) is 0. The smallest absolute Gasteiger partial charge is 0.246 e. The number of benzene rings is 1. The molecule has 2 fully saturated rings. The molecule has 2 aliphatic heterocycles. The number of nitriles is 1. The summed E-state index contributed by atoms with van der Waals surface area (Å²) in [5.41, 5.74) is 1.08. The third-order valence-electron chi connectivity index (χ3n) is 5.19. The lowest BCUT2D eigenvalue weighted by molar-refractivity contribution is -0.141. The average molecular weight is 370 g/mol. The highest BCUT2D eigenvalue weighted by Gasteiger charge is 2.31. The van der Waals surface area contributed by atoms with Crippen molar-refractivity contribution in [2.24, 2.45) is 0 Å². The Morgan fingerprint density at radius 2 is 2.07 bits per heavy atom. The second-order valence-corrected chi connectivity index (χ2v) is 7.28. The lowest BCUT2D eigenvalue weighted by Gasteiger charge is -2.37. The zero-order chi connectivity index (χ0) is 19.4. The molecule has 0 N–H and O–H groups in total. The van der Waals surface area contributed by atoms with Crippen molar-refractivity contribution in [1.29, 1.82) is 5.26 Å². The number of amides is 2. The van der Waals surface area contributed by atoms with Gasteiger partial charge in [0.2, 0.25) is 11.8 Å². The van der Waals surface area contributed by atoms with Gasteiger partial charge in [-0.1, -0.05) is 12.1 Å². The number of piperazine rings is 1. The van der Waals surface area contributed by atoms with Crippen LogP contribution in [-0.2, 0) is 14.3 Å². The molecule has 0 spiro atoms. The van der Waals surface area contributed by atoms with E-state index in [1.165, 1.54) is 0 Å². The van der Waals surface area contributed by atoms with Gasteiger partial charge in [-0.15, -0.1) is 0 Å². The summed E-state index contributed by atoms with van der Waals surface area (Å²) in [5, 5.41) is 9.25. The van der Waals surface area contributed by atoms with Crippen LogP contribution in [0.15, 0.2) is 24.3 Å². The van der Waals surface area contributed by atoms with Crippen LogP contribution in [0, 0.1) is 11.3 Å². The Hall–Kier alpha value is -2.43. The molecule has 0 aromatic heterocycles. The lowest BCUT2D eigenvalue weighted by Crippen LogP contribution is -2.54. The predicted molar refractivity (Wildman–Crippen MR) is 101 cm³/mol. The molecule has 144 valence electrons. The van der Waals surface area contributed by atoms with E-state index in [0.29, 0.717) is 43.4 Å². The first-order valence-corrected chi connectivity index (χ1v) is 9.42. The van der Waals surface area contributed by atoms with Crippen LogP contribution in [0.2, 0.25) is 0 Å². The van der Waals surface area contributed by atoms with E-state index in [0.717, 1.165) is 13.1 Å². The molecule has 0 aliphatic carbocycles. The molecule has 1 atom stereocenters. The monoisotopic (exact) mass is 370 g/mol.